The summed E-state index contributed by atoms with van der Waals surface area (Å²) in [4.78, 5) is 40.8. The molecule has 0 radical (unpaired) electrons. The fourth-order valence-electron chi connectivity index (χ4n) is 3.75. The van der Waals surface area contributed by atoms with Crippen molar-refractivity contribution in [3.8, 4) is 5.69 Å². The predicted octanol–water partition coefficient (Wildman–Crippen LogP) is 4.81. The Hall–Kier alpha value is -3.98. The summed E-state index contributed by atoms with van der Waals surface area (Å²) in [5.41, 5.74) is 7.57. The molecule has 0 unspecified atom stereocenters. The van der Waals surface area contributed by atoms with Crippen LogP contribution < -0.4 is 11.3 Å². The molecular formula is C25H22N4O4S. The van der Waals surface area contributed by atoms with Crippen molar-refractivity contribution in [3.63, 3.8) is 0 Å². The topological polar surface area (TPSA) is 121 Å². The third-order valence-corrected chi connectivity index (χ3v) is 6.46. The minimum absolute atomic E-state index is 0.0621. The highest BCUT2D eigenvalue weighted by Gasteiger charge is 2.20. The molecule has 1 amide bonds. The highest BCUT2D eigenvalue weighted by atomic mass is 32.2. The first-order valence-electron chi connectivity index (χ1n) is 10.6. The van der Waals surface area contributed by atoms with Crippen LogP contribution in [0.25, 0.3) is 16.6 Å². The van der Waals surface area contributed by atoms with Gasteiger partial charge in [-0.05, 0) is 35.7 Å². The number of nitrogens with zero attached hydrogens (tertiary/aromatic N) is 3. The van der Waals surface area contributed by atoms with Gasteiger partial charge in [-0.1, -0.05) is 62.0 Å². The highest BCUT2D eigenvalue weighted by Crippen LogP contribution is 2.31. The van der Waals surface area contributed by atoms with Crippen LogP contribution >= 0.6 is 11.8 Å². The number of carbonyl (C=O) groups excluding carboxylic acids is 1. The quantitative estimate of drug-likeness (QED) is 0.178. The van der Waals surface area contributed by atoms with Gasteiger partial charge in [0, 0.05) is 22.9 Å². The van der Waals surface area contributed by atoms with Gasteiger partial charge in [-0.15, -0.1) is 0 Å². The summed E-state index contributed by atoms with van der Waals surface area (Å²) in [6.45, 7) is 4.10. The molecule has 34 heavy (non-hydrogen) atoms. The van der Waals surface area contributed by atoms with Gasteiger partial charge in [0.1, 0.15) is 0 Å². The number of aromatic nitrogens is 2. The van der Waals surface area contributed by atoms with Gasteiger partial charge in [0.15, 0.2) is 5.16 Å². The summed E-state index contributed by atoms with van der Waals surface area (Å²) in [7, 11) is 0. The lowest BCUT2D eigenvalue weighted by Gasteiger charge is -2.18. The van der Waals surface area contributed by atoms with Gasteiger partial charge in [0.05, 0.1) is 21.5 Å². The van der Waals surface area contributed by atoms with Crippen molar-refractivity contribution in [3.05, 3.63) is 104 Å². The van der Waals surface area contributed by atoms with Crippen LogP contribution in [-0.4, -0.2) is 20.4 Å². The number of amides is 1. The van der Waals surface area contributed by atoms with E-state index in [4.69, 9.17) is 10.7 Å². The van der Waals surface area contributed by atoms with Crippen molar-refractivity contribution in [1.29, 1.82) is 0 Å². The SMILES string of the molecule is CC(C)c1ccccc1-n1c(SCc2ccc(C(N)=O)cc2[N+](=O)[O-])nc2ccccc2c1=O. The van der Waals surface area contributed by atoms with Crippen LogP contribution in [0, 0.1) is 10.1 Å². The second kappa shape index (κ2) is 9.48. The number of nitro groups is 1. The predicted molar refractivity (Wildman–Crippen MR) is 133 cm³/mol. The molecule has 0 atom stereocenters. The maximum Gasteiger partial charge on any atom is 0.274 e. The molecule has 0 saturated heterocycles. The van der Waals surface area contributed by atoms with Gasteiger partial charge in [-0.2, -0.15) is 0 Å². The Kier molecular flexibility index (Phi) is 6.47. The van der Waals surface area contributed by atoms with Crippen molar-refractivity contribution < 1.29 is 9.72 Å². The van der Waals surface area contributed by atoms with Crippen LogP contribution in [-0.2, 0) is 5.75 Å². The van der Waals surface area contributed by atoms with Crippen LogP contribution in [0.2, 0.25) is 0 Å². The number of fused-ring (bicyclic) bond motifs is 1. The summed E-state index contributed by atoms with van der Waals surface area (Å²) >= 11 is 1.22. The van der Waals surface area contributed by atoms with Crippen molar-refractivity contribution in [2.75, 3.05) is 0 Å². The number of hydrogen-bond acceptors (Lipinski definition) is 6. The van der Waals surface area contributed by atoms with Crippen molar-refractivity contribution in [2.24, 2.45) is 5.73 Å². The molecule has 4 aromatic rings. The second-order valence-electron chi connectivity index (χ2n) is 8.02. The standard InChI is InChI=1S/C25H22N4O4S/c1-15(2)18-7-4-6-10-21(18)28-24(31)19-8-3-5-9-20(19)27-25(28)34-14-17-12-11-16(23(26)30)13-22(17)29(32)33/h3-13,15H,14H2,1-2H3,(H2,26,30). The van der Waals surface area contributed by atoms with Crippen LogP contribution in [0.15, 0.2) is 76.7 Å². The normalized spacial score (nSPS) is 11.1. The Morgan fingerprint density at radius 2 is 1.82 bits per heavy atom. The Morgan fingerprint density at radius 3 is 2.53 bits per heavy atom. The van der Waals surface area contributed by atoms with Crippen molar-refractivity contribution in [2.45, 2.75) is 30.7 Å². The van der Waals surface area contributed by atoms with Crippen LogP contribution in [0.4, 0.5) is 5.69 Å². The molecule has 0 aliphatic heterocycles. The Bertz CT molecular complexity index is 1480. The molecule has 3 aromatic carbocycles. The average Bonchev–Trinajstić information content (AvgIpc) is 2.82. The van der Waals surface area contributed by atoms with Gasteiger partial charge in [0.2, 0.25) is 5.91 Å². The van der Waals surface area contributed by atoms with E-state index in [2.05, 4.69) is 13.8 Å². The van der Waals surface area contributed by atoms with E-state index in [1.54, 1.807) is 22.8 Å². The van der Waals surface area contributed by atoms with Crippen molar-refractivity contribution >= 4 is 34.3 Å². The molecule has 4 rings (SSSR count). The molecule has 0 aliphatic rings. The van der Waals surface area contributed by atoms with Crippen LogP contribution in [0.1, 0.15) is 41.3 Å². The molecule has 2 N–H and O–H groups in total. The Morgan fingerprint density at radius 1 is 1.12 bits per heavy atom. The molecular weight excluding hydrogens is 452 g/mol. The highest BCUT2D eigenvalue weighted by molar-refractivity contribution is 7.98. The maximum absolute atomic E-state index is 13.6. The van der Waals surface area contributed by atoms with Gasteiger partial charge in [0.25, 0.3) is 11.2 Å². The lowest BCUT2D eigenvalue weighted by molar-refractivity contribution is -0.385. The Balaban J connectivity index is 1.86. The zero-order chi connectivity index (χ0) is 24.4. The first-order valence-corrected chi connectivity index (χ1v) is 11.6. The molecule has 1 aromatic heterocycles. The molecule has 0 fully saturated rings. The number of rotatable bonds is 7. The lowest BCUT2D eigenvalue weighted by atomic mass is 10.0. The molecule has 0 aliphatic carbocycles. The fraction of sp³-hybridized carbons (Fsp3) is 0.160. The zero-order valence-corrected chi connectivity index (χ0v) is 19.4. The van der Waals surface area contributed by atoms with E-state index in [1.807, 2.05) is 30.3 Å². The Labute approximate surface area is 199 Å². The third-order valence-electron chi connectivity index (χ3n) is 5.47. The van der Waals surface area contributed by atoms with E-state index in [9.17, 15) is 19.7 Å². The minimum Gasteiger partial charge on any atom is -0.366 e. The van der Waals surface area contributed by atoms with E-state index >= 15 is 0 Å². The van der Waals surface area contributed by atoms with Gasteiger partial charge >= 0.3 is 0 Å². The van der Waals surface area contributed by atoms with Gasteiger partial charge in [-0.25, -0.2) is 4.98 Å². The van der Waals surface area contributed by atoms with E-state index in [0.29, 0.717) is 21.6 Å². The van der Waals surface area contributed by atoms with E-state index < -0.39 is 10.8 Å². The summed E-state index contributed by atoms with van der Waals surface area (Å²) < 4.78 is 1.58. The summed E-state index contributed by atoms with van der Waals surface area (Å²) in [5, 5.41) is 12.5. The summed E-state index contributed by atoms with van der Waals surface area (Å²) in [6, 6.07) is 18.9. The number of benzene rings is 3. The number of nitro benzene ring substituents is 1. The van der Waals surface area contributed by atoms with E-state index in [-0.39, 0.29) is 28.5 Å². The van der Waals surface area contributed by atoms with Gasteiger partial charge < -0.3 is 5.73 Å². The minimum atomic E-state index is -0.738. The summed E-state index contributed by atoms with van der Waals surface area (Å²) in [6.07, 6.45) is 0. The number of para-hydroxylation sites is 2. The molecule has 0 saturated carbocycles. The summed E-state index contributed by atoms with van der Waals surface area (Å²) in [5.74, 6) is -0.406. The van der Waals surface area contributed by atoms with E-state index in [0.717, 1.165) is 11.3 Å². The second-order valence-corrected chi connectivity index (χ2v) is 8.96. The number of hydrogen-bond donors (Lipinski definition) is 1. The first-order chi connectivity index (χ1) is 16.3. The number of thioether (sulfide) groups is 1. The first kappa shape index (κ1) is 23.2. The third kappa shape index (κ3) is 4.42. The average molecular weight is 475 g/mol. The molecule has 0 bridgehead atoms. The lowest BCUT2D eigenvalue weighted by Crippen LogP contribution is -2.23. The van der Waals surface area contributed by atoms with Crippen LogP contribution in [0.5, 0.6) is 0 Å². The zero-order valence-electron chi connectivity index (χ0n) is 18.6. The van der Waals surface area contributed by atoms with Crippen molar-refractivity contribution in [1.82, 2.24) is 9.55 Å². The molecule has 0 spiro atoms. The largest absolute Gasteiger partial charge is 0.366 e. The molecule has 1 heterocycles. The molecule has 172 valence electrons. The number of nitrogens with two attached hydrogens (primary N) is 1. The van der Waals surface area contributed by atoms with Crippen LogP contribution in [0.3, 0.4) is 0 Å². The fourth-order valence-corrected chi connectivity index (χ4v) is 4.75. The smallest absolute Gasteiger partial charge is 0.274 e. The van der Waals surface area contributed by atoms with E-state index in [1.165, 1.54) is 30.0 Å². The number of carbonyl (C=O) groups is 1. The maximum atomic E-state index is 13.6. The molecule has 9 heteroatoms. The monoisotopic (exact) mass is 474 g/mol. The van der Waals surface area contributed by atoms with Gasteiger partial charge in [-0.3, -0.25) is 24.3 Å². The number of primary amides is 1. The molecule has 8 nitrogen and oxygen atoms in total.